The SMILES string of the molecule is C=CCOc1ccc(COc2ccc(CC(=O)O)cc2)cc1. The Bertz CT molecular complexity index is 615. The fourth-order valence-electron chi connectivity index (χ4n) is 1.88. The van der Waals surface area contributed by atoms with Gasteiger partial charge in [0.1, 0.15) is 24.7 Å². The molecule has 0 aromatic heterocycles. The molecule has 1 N–H and O–H groups in total. The van der Waals surface area contributed by atoms with Crippen molar-refractivity contribution in [1.82, 2.24) is 0 Å². The van der Waals surface area contributed by atoms with Gasteiger partial charge in [0.05, 0.1) is 6.42 Å². The van der Waals surface area contributed by atoms with E-state index in [1.54, 1.807) is 30.3 Å². The Hall–Kier alpha value is -2.75. The van der Waals surface area contributed by atoms with Crippen molar-refractivity contribution in [3.63, 3.8) is 0 Å². The van der Waals surface area contributed by atoms with Gasteiger partial charge >= 0.3 is 5.97 Å². The number of benzene rings is 2. The summed E-state index contributed by atoms with van der Waals surface area (Å²) in [5.74, 6) is 0.662. The van der Waals surface area contributed by atoms with Crippen LogP contribution in [-0.4, -0.2) is 17.7 Å². The molecule has 0 bridgehead atoms. The fraction of sp³-hybridized carbons (Fsp3) is 0.167. The highest BCUT2D eigenvalue weighted by Crippen LogP contribution is 2.16. The molecule has 0 radical (unpaired) electrons. The molecule has 0 aliphatic rings. The van der Waals surface area contributed by atoms with Crippen LogP contribution in [0.3, 0.4) is 0 Å². The number of carboxylic acids is 1. The molecular weight excluding hydrogens is 280 g/mol. The van der Waals surface area contributed by atoms with Gasteiger partial charge in [-0.2, -0.15) is 0 Å². The van der Waals surface area contributed by atoms with Gasteiger partial charge in [0.15, 0.2) is 0 Å². The molecule has 2 rings (SSSR count). The number of hydrogen-bond donors (Lipinski definition) is 1. The quantitative estimate of drug-likeness (QED) is 0.758. The summed E-state index contributed by atoms with van der Waals surface area (Å²) in [6.45, 7) is 4.53. The van der Waals surface area contributed by atoms with Gasteiger partial charge in [-0.3, -0.25) is 4.79 Å². The first-order valence-corrected chi connectivity index (χ1v) is 6.93. The Labute approximate surface area is 129 Å². The van der Waals surface area contributed by atoms with Gasteiger partial charge in [0, 0.05) is 0 Å². The van der Waals surface area contributed by atoms with Crippen LogP contribution in [0.25, 0.3) is 0 Å². The van der Waals surface area contributed by atoms with Crippen molar-refractivity contribution in [3.05, 3.63) is 72.3 Å². The van der Waals surface area contributed by atoms with Gasteiger partial charge in [0.2, 0.25) is 0 Å². The summed E-state index contributed by atoms with van der Waals surface area (Å²) in [4.78, 5) is 10.6. The molecule has 4 heteroatoms. The Kier molecular flexibility index (Phi) is 5.60. The molecule has 22 heavy (non-hydrogen) atoms. The molecule has 0 saturated heterocycles. The normalized spacial score (nSPS) is 10.0. The number of hydrogen-bond acceptors (Lipinski definition) is 3. The van der Waals surface area contributed by atoms with Crippen LogP contribution in [0, 0.1) is 0 Å². The summed E-state index contributed by atoms with van der Waals surface area (Å²) in [6, 6.07) is 14.7. The van der Waals surface area contributed by atoms with Gasteiger partial charge in [-0.05, 0) is 35.4 Å². The zero-order valence-corrected chi connectivity index (χ0v) is 12.2. The first-order valence-electron chi connectivity index (χ1n) is 6.93. The van der Waals surface area contributed by atoms with Crippen LogP contribution in [0.4, 0.5) is 0 Å². The Morgan fingerprint density at radius 3 is 2.05 bits per heavy atom. The van der Waals surface area contributed by atoms with Gasteiger partial charge in [-0.25, -0.2) is 0 Å². The largest absolute Gasteiger partial charge is 0.490 e. The van der Waals surface area contributed by atoms with Crippen molar-refractivity contribution in [3.8, 4) is 11.5 Å². The van der Waals surface area contributed by atoms with Crippen LogP contribution in [0.15, 0.2) is 61.2 Å². The first-order chi connectivity index (χ1) is 10.7. The van der Waals surface area contributed by atoms with E-state index in [4.69, 9.17) is 14.6 Å². The van der Waals surface area contributed by atoms with Crippen molar-refractivity contribution < 1.29 is 19.4 Å². The van der Waals surface area contributed by atoms with Crippen LogP contribution >= 0.6 is 0 Å². The lowest BCUT2D eigenvalue weighted by atomic mass is 10.1. The highest BCUT2D eigenvalue weighted by molar-refractivity contribution is 5.70. The van der Waals surface area contributed by atoms with Crippen molar-refractivity contribution in [2.45, 2.75) is 13.0 Å². The van der Waals surface area contributed by atoms with Crippen molar-refractivity contribution >= 4 is 5.97 Å². The number of rotatable bonds is 8. The monoisotopic (exact) mass is 298 g/mol. The van der Waals surface area contributed by atoms with E-state index in [-0.39, 0.29) is 6.42 Å². The fourth-order valence-corrected chi connectivity index (χ4v) is 1.88. The molecule has 0 atom stereocenters. The van der Waals surface area contributed by atoms with Crippen LogP contribution in [0.5, 0.6) is 11.5 Å². The average molecular weight is 298 g/mol. The van der Waals surface area contributed by atoms with E-state index < -0.39 is 5.97 Å². The predicted molar refractivity (Wildman–Crippen MR) is 84.2 cm³/mol. The maximum Gasteiger partial charge on any atom is 0.307 e. The standard InChI is InChI=1S/C18H18O4/c1-2-11-21-16-9-5-15(6-10-16)13-22-17-7-3-14(4-8-17)12-18(19)20/h2-10H,1,11-13H2,(H,19,20). The van der Waals surface area contributed by atoms with E-state index in [1.165, 1.54) is 0 Å². The third kappa shape index (κ3) is 4.98. The summed E-state index contributed by atoms with van der Waals surface area (Å²) in [6.07, 6.45) is 1.72. The molecule has 2 aromatic rings. The number of carbonyl (C=O) groups is 1. The smallest absolute Gasteiger partial charge is 0.307 e. The van der Waals surface area contributed by atoms with Crippen LogP contribution < -0.4 is 9.47 Å². The van der Waals surface area contributed by atoms with E-state index in [2.05, 4.69) is 6.58 Å². The Balaban J connectivity index is 1.86. The van der Waals surface area contributed by atoms with Crippen LogP contribution in [-0.2, 0) is 17.8 Å². The molecule has 114 valence electrons. The van der Waals surface area contributed by atoms with E-state index in [9.17, 15) is 4.79 Å². The molecule has 0 spiro atoms. The summed E-state index contributed by atoms with van der Waals surface area (Å²) >= 11 is 0. The summed E-state index contributed by atoms with van der Waals surface area (Å²) in [7, 11) is 0. The summed E-state index contributed by atoms with van der Waals surface area (Å²) in [5, 5.41) is 8.72. The lowest BCUT2D eigenvalue weighted by Gasteiger charge is -2.08. The van der Waals surface area contributed by atoms with Gasteiger partial charge < -0.3 is 14.6 Å². The van der Waals surface area contributed by atoms with Gasteiger partial charge in [-0.1, -0.05) is 36.9 Å². The molecule has 0 aliphatic heterocycles. The molecule has 0 amide bonds. The summed E-state index contributed by atoms with van der Waals surface area (Å²) < 4.78 is 11.1. The van der Waals surface area contributed by atoms with E-state index >= 15 is 0 Å². The first kappa shape index (κ1) is 15.6. The average Bonchev–Trinajstić information content (AvgIpc) is 2.53. The van der Waals surface area contributed by atoms with Gasteiger partial charge in [0.25, 0.3) is 0 Å². The lowest BCUT2D eigenvalue weighted by molar-refractivity contribution is -0.136. The third-order valence-electron chi connectivity index (χ3n) is 2.98. The number of carboxylic acid groups (broad SMARTS) is 1. The van der Waals surface area contributed by atoms with E-state index in [0.717, 1.165) is 16.9 Å². The summed E-state index contributed by atoms with van der Waals surface area (Å²) in [5.41, 5.74) is 1.78. The van der Waals surface area contributed by atoms with Crippen molar-refractivity contribution in [2.75, 3.05) is 6.61 Å². The predicted octanol–water partition coefficient (Wildman–Crippen LogP) is 3.46. The maximum absolute atomic E-state index is 10.6. The lowest BCUT2D eigenvalue weighted by Crippen LogP contribution is -2.00. The Morgan fingerprint density at radius 1 is 0.955 bits per heavy atom. The molecule has 0 fully saturated rings. The molecule has 4 nitrogen and oxygen atoms in total. The highest BCUT2D eigenvalue weighted by atomic mass is 16.5. The zero-order chi connectivity index (χ0) is 15.8. The maximum atomic E-state index is 10.6. The van der Waals surface area contributed by atoms with Crippen LogP contribution in [0.2, 0.25) is 0 Å². The topological polar surface area (TPSA) is 55.8 Å². The van der Waals surface area contributed by atoms with Gasteiger partial charge in [-0.15, -0.1) is 0 Å². The second-order valence-electron chi connectivity index (χ2n) is 4.75. The minimum Gasteiger partial charge on any atom is -0.490 e. The zero-order valence-electron chi connectivity index (χ0n) is 12.2. The molecule has 2 aromatic carbocycles. The number of ether oxygens (including phenoxy) is 2. The third-order valence-corrected chi connectivity index (χ3v) is 2.98. The van der Waals surface area contributed by atoms with Crippen molar-refractivity contribution in [1.29, 1.82) is 0 Å². The minimum absolute atomic E-state index is 0.0203. The minimum atomic E-state index is -0.840. The molecule has 0 heterocycles. The molecular formula is C18H18O4. The Morgan fingerprint density at radius 2 is 1.50 bits per heavy atom. The number of aliphatic carboxylic acids is 1. The van der Waals surface area contributed by atoms with Crippen molar-refractivity contribution in [2.24, 2.45) is 0 Å². The second-order valence-corrected chi connectivity index (χ2v) is 4.75. The second kappa shape index (κ2) is 7.88. The van der Waals surface area contributed by atoms with E-state index in [0.29, 0.717) is 19.0 Å². The molecule has 0 unspecified atom stereocenters. The highest BCUT2D eigenvalue weighted by Gasteiger charge is 2.01. The van der Waals surface area contributed by atoms with E-state index in [1.807, 2.05) is 24.3 Å². The molecule has 0 aliphatic carbocycles. The molecule has 0 saturated carbocycles. The van der Waals surface area contributed by atoms with Crippen LogP contribution in [0.1, 0.15) is 11.1 Å².